The Balaban J connectivity index is 2.95. The summed E-state index contributed by atoms with van der Waals surface area (Å²) in [6.07, 6.45) is 0. The van der Waals surface area contributed by atoms with Crippen molar-refractivity contribution in [1.82, 2.24) is 0 Å². The molecule has 93 valence electrons. The first kappa shape index (κ1) is 12.3. The van der Waals surface area contributed by atoms with Crippen molar-refractivity contribution in [2.45, 2.75) is 4.90 Å². The molecule has 0 aliphatic rings. The summed E-state index contributed by atoms with van der Waals surface area (Å²) < 4.78 is 22.9. The molecule has 0 atom stereocenters. The zero-order valence-electron chi connectivity index (χ0n) is 9.08. The van der Waals surface area contributed by atoms with Gasteiger partial charge in [0.05, 0.1) is 4.90 Å². The Morgan fingerprint density at radius 1 is 1.11 bits per heavy atom. The lowest BCUT2D eigenvalue weighted by atomic mass is 10.1. The molecule has 0 spiro atoms. The lowest BCUT2D eigenvalue weighted by molar-refractivity contribution is 0.1000. The third kappa shape index (κ3) is 2.13. The SMILES string of the molecule is NC(=O)c1cc(S(N)(=O)=O)c2cc([O])ccc2c1. The van der Waals surface area contributed by atoms with E-state index in [0.29, 0.717) is 5.39 Å². The van der Waals surface area contributed by atoms with Crippen LogP contribution in [-0.2, 0) is 15.1 Å². The Hall–Kier alpha value is -2.12. The van der Waals surface area contributed by atoms with Gasteiger partial charge in [-0.15, -0.1) is 0 Å². The number of primary amides is 1. The summed E-state index contributed by atoms with van der Waals surface area (Å²) in [5, 5.41) is 16.9. The number of benzene rings is 2. The van der Waals surface area contributed by atoms with Crippen LogP contribution < -0.4 is 10.9 Å². The molecule has 6 nitrogen and oxygen atoms in total. The van der Waals surface area contributed by atoms with E-state index in [-0.39, 0.29) is 21.6 Å². The van der Waals surface area contributed by atoms with E-state index in [1.807, 2.05) is 0 Å². The summed E-state index contributed by atoms with van der Waals surface area (Å²) in [6, 6.07) is 6.31. The largest absolute Gasteiger partial charge is 0.366 e. The fourth-order valence-corrected chi connectivity index (χ4v) is 2.46. The van der Waals surface area contributed by atoms with Crippen molar-refractivity contribution < 1.29 is 18.3 Å². The number of hydrogen-bond acceptors (Lipinski definition) is 3. The van der Waals surface area contributed by atoms with Crippen LogP contribution in [0.25, 0.3) is 10.8 Å². The van der Waals surface area contributed by atoms with E-state index in [2.05, 4.69) is 0 Å². The van der Waals surface area contributed by atoms with Gasteiger partial charge in [-0.2, -0.15) is 0 Å². The van der Waals surface area contributed by atoms with Crippen LogP contribution in [0.1, 0.15) is 10.4 Å². The molecule has 1 radical (unpaired) electrons. The van der Waals surface area contributed by atoms with Crippen molar-refractivity contribution >= 4 is 26.7 Å². The second kappa shape index (κ2) is 3.97. The average molecular weight is 265 g/mol. The predicted molar refractivity (Wildman–Crippen MR) is 64.0 cm³/mol. The zero-order valence-corrected chi connectivity index (χ0v) is 9.90. The van der Waals surface area contributed by atoms with Crippen molar-refractivity contribution in [2.75, 3.05) is 0 Å². The van der Waals surface area contributed by atoms with Crippen LogP contribution >= 0.6 is 0 Å². The van der Waals surface area contributed by atoms with Gasteiger partial charge in [-0.1, -0.05) is 6.07 Å². The number of sulfonamides is 1. The van der Waals surface area contributed by atoms with E-state index in [9.17, 15) is 18.3 Å². The molecule has 0 saturated heterocycles. The second-order valence-corrected chi connectivity index (χ2v) is 5.30. The average Bonchev–Trinajstić information content (AvgIpc) is 2.26. The molecule has 0 fully saturated rings. The molecule has 0 aliphatic heterocycles. The number of nitrogens with two attached hydrogens (primary N) is 2. The number of hydrogen-bond donors (Lipinski definition) is 2. The highest BCUT2D eigenvalue weighted by atomic mass is 32.2. The number of carbonyl (C=O) groups is 1. The maximum Gasteiger partial charge on any atom is 0.248 e. The standard InChI is InChI=1S/C11H9N2O4S/c12-11(15)7-3-6-1-2-8(14)5-9(6)10(4-7)18(13,16)17/h1-5H,(H2,12,15)(H2,13,16,17). The number of fused-ring (bicyclic) bond motifs is 1. The molecule has 0 heterocycles. The first-order valence-corrected chi connectivity index (χ1v) is 6.41. The smallest absolute Gasteiger partial charge is 0.248 e. The van der Waals surface area contributed by atoms with Gasteiger partial charge >= 0.3 is 0 Å². The van der Waals surface area contributed by atoms with E-state index in [1.165, 1.54) is 18.2 Å². The van der Waals surface area contributed by atoms with Crippen LogP contribution in [0, 0.1) is 0 Å². The van der Waals surface area contributed by atoms with Gasteiger partial charge in [-0.05, 0) is 29.7 Å². The molecule has 2 aromatic carbocycles. The van der Waals surface area contributed by atoms with Crippen LogP contribution in [0.2, 0.25) is 0 Å². The quantitative estimate of drug-likeness (QED) is 0.831. The topological polar surface area (TPSA) is 123 Å². The summed E-state index contributed by atoms with van der Waals surface area (Å²) >= 11 is 0. The van der Waals surface area contributed by atoms with E-state index in [0.717, 1.165) is 12.1 Å². The van der Waals surface area contributed by atoms with Crippen LogP contribution in [0.5, 0.6) is 5.75 Å². The van der Waals surface area contributed by atoms with Crippen molar-refractivity contribution in [2.24, 2.45) is 10.9 Å². The van der Waals surface area contributed by atoms with Gasteiger partial charge in [-0.3, -0.25) is 9.90 Å². The summed E-state index contributed by atoms with van der Waals surface area (Å²) in [5.41, 5.74) is 5.13. The number of rotatable bonds is 2. The van der Waals surface area contributed by atoms with Crippen LogP contribution in [0.15, 0.2) is 35.2 Å². The molecule has 0 aliphatic carbocycles. The number of amides is 1. The zero-order chi connectivity index (χ0) is 13.5. The highest BCUT2D eigenvalue weighted by molar-refractivity contribution is 7.89. The molecule has 0 aromatic heterocycles. The number of primary sulfonamides is 1. The highest BCUT2D eigenvalue weighted by Crippen LogP contribution is 2.27. The van der Waals surface area contributed by atoms with Crippen molar-refractivity contribution in [3.05, 3.63) is 35.9 Å². The molecule has 1 amide bonds. The van der Waals surface area contributed by atoms with E-state index < -0.39 is 15.9 Å². The van der Waals surface area contributed by atoms with Crippen molar-refractivity contribution in [1.29, 1.82) is 0 Å². The molecular weight excluding hydrogens is 256 g/mol. The van der Waals surface area contributed by atoms with Crippen molar-refractivity contribution in [3.63, 3.8) is 0 Å². The normalized spacial score (nSPS) is 11.6. The molecular formula is C11H9N2O4S. The van der Waals surface area contributed by atoms with Gasteiger partial charge in [-0.25, -0.2) is 13.6 Å². The molecule has 0 saturated carbocycles. The Morgan fingerprint density at radius 2 is 1.78 bits per heavy atom. The summed E-state index contributed by atoms with van der Waals surface area (Å²) in [6.45, 7) is 0. The second-order valence-electron chi connectivity index (χ2n) is 3.77. The van der Waals surface area contributed by atoms with Crippen molar-refractivity contribution in [3.8, 4) is 5.75 Å². The van der Waals surface area contributed by atoms with Gasteiger partial charge in [0.1, 0.15) is 0 Å². The monoisotopic (exact) mass is 265 g/mol. The van der Waals surface area contributed by atoms with Crippen LogP contribution in [0.3, 0.4) is 0 Å². The molecule has 0 bridgehead atoms. The van der Waals surface area contributed by atoms with Crippen LogP contribution in [-0.4, -0.2) is 14.3 Å². The van der Waals surface area contributed by atoms with Gasteiger partial charge in [0.25, 0.3) is 0 Å². The maximum absolute atomic E-state index is 11.5. The first-order valence-electron chi connectivity index (χ1n) is 4.86. The predicted octanol–water partition coefficient (Wildman–Crippen LogP) is 0.730. The Bertz CT molecular complexity index is 753. The van der Waals surface area contributed by atoms with Gasteiger partial charge in [0.2, 0.25) is 15.9 Å². The molecule has 4 N–H and O–H groups in total. The van der Waals surface area contributed by atoms with Gasteiger partial charge in [0, 0.05) is 10.9 Å². The third-order valence-corrected chi connectivity index (χ3v) is 3.43. The minimum absolute atomic E-state index is 0.0187. The molecule has 7 heteroatoms. The molecule has 18 heavy (non-hydrogen) atoms. The molecule has 2 rings (SSSR count). The number of carbonyl (C=O) groups excluding carboxylic acids is 1. The molecule has 0 unspecified atom stereocenters. The fraction of sp³-hybridized carbons (Fsp3) is 0. The summed E-state index contributed by atoms with van der Waals surface area (Å²) in [7, 11) is -4.05. The lowest BCUT2D eigenvalue weighted by Crippen LogP contribution is -2.16. The van der Waals surface area contributed by atoms with E-state index in [4.69, 9.17) is 10.9 Å². The maximum atomic E-state index is 11.5. The third-order valence-electron chi connectivity index (χ3n) is 2.48. The lowest BCUT2D eigenvalue weighted by Gasteiger charge is -2.07. The Kier molecular flexibility index (Phi) is 2.72. The Morgan fingerprint density at radius 3 is 2.33 bits per heavy atom. The highest BCUT2D eigenvalue weighted by Gasteiger charge is 2.16. The van der Waals surface area contributed by atoms with E-state index in [1.54, 1.807) is 0 Å². The Labute approximate surface area is 103 Å². The fourth-order valence-electron chi connectivity index (χ4n) is 1.68. The first-order chi connectivity index (χ1) is 8.29. The van der Waals surface area contributed by atoms with Gasteiger partial charge < -0.3 is 5.73 Å². The van der Waals surface area contributed by atoms with Gasteiger partial charge in [0.15, 0.2) is 5.75 Å². The van der Waals surface area contributed by atoms with Crippen LogP contribution in [0.4, 0.5) is 0 Å². The minimum atomic E-state index is -4.05. The molecule has 2 aromatic rings. The summed E-state index contributed by atoms with van der Waals surface area (Å²) in [4.78, 5) is 10.8. The minimum Gasteiger partial charge on any atom is -0.366 e. The summed E-state index contributed by atoms with van der Waals surface area (Å²) in [5.74, 6) is -1.12. The van der Waals surface area contributed by atoms with E-state index >= 15 is 0 Å².